The molecule has 1 amide bonds. The van der Waals surface area contributed by atoms with Crippen molar-refractivity contribution in [1.29, 1.82) is 0 Å². The third kappa shape index (κ3) is 5.64. The van der Waals surface area contributed by atoms with Gasteiger partial charge in [-0.15, -0.1) is 0 Å². The first-order chi connectivity index (χ1) is 14.4. The van der Waals surface area contributed by atoms with Crippen LogP contribution in [0.4, 0.5) is 0 Å². The molecule has 30 heavy (non-hydrogen) atoms. The molecule has 1 saturated heterocycles. The second-order valence-electron chi connectivity index (χ2n) is 7.24. The van der Waals surface area contributed by atoms with Crippen LogP contribution in [-0.2, 0) is 30.9 Å². The van der Waals surface area contributed by atoms with Gasteiger partial charge in [0.05, 0.1) is 5.92 Å². The number of sulfonamides is 1. The summed E-state index contributed by atoms with van der Waals surface area (Å²) in [4.78, 5) is 28.2. The average Bonchev–Trinajstić information content (AvgIpc) is 2.77. The van der Waals surface area contributed by atoms with Gasteiger partial charge in [-0.05, 0) is 37.5 Å². The molecule has 1 aliphatic heterocycles. The van der Waals surface area contributed by atoms with Gasteiger partial charge in [0.25, 0.3) is 5.91 Å². The van der Waals surface area contributed by atoms with Crippen LogP contribution in [0.2, 0.25) is 0 Å². The Morgan fingerprint density at radius 1 is 1.17 bits per heavy atom. The second-order valence-corrected chi connectivity index (χ2v) is 9.18. The summed E-state index contributed by atoms with van der Waals surface area (Å²) in [6.45, 7) is 2.44. The van der Waals surface area contributed by atoms with Crippen LogP contribution in [0.5, 0.6) is 0 Å². The molecule has 1 aromatic heterocycles. The van der Waals surface area contributed by atoms with Crippen LogP contribution in [0.3, 0.4) is 0 Å². The molecule has 3 rings (SSSR count). The highest BCUT2D eigenvalue weighted by Crippen LogP contribution is 2.24. The van der Waals surface area contributed by atoms with Crippen LogP contribution in [0.15, 0.2) is 53.7 Å². The number of carbonyl (C=O) groups excluding carboxylic acids is 2. The van der Waals surface area contributed by atoms with E-state index >= 15 is 0 Å². The minimum atomic E-state index is -3.62. The predicted octanol–water partition coefficient (Wildman–Crippen LogP) is 1.65. The van der Waals surface area contributed by atoms with Crippen molar-refractivity contribution in [3.05, 3.63) is 59.9 Å². The van der Waals surface area contributed by atoms with Gasteiger partial charge in [-0.25, -0.2) is 8.42 Å². The zero-order valence-electron chi connectivity index (χ0n) is 16.8. The molecule has 1 fully saturated rings. The van der Waals surface area contributed by atoms with E-state index in [1.54, 1.807) is 6.07 Å². The summed E-state index contributed by atoms with van der Waals surface area (Å²) >= 11 is 0. The molecule has 1 aliphatic rings. The number of hydrogen-bond acceptors (Lipinski definition) is 6. The van der Waals surface area contributed by atoms with Crippen LogP contribution in [-0.4, -0.2) is 49.3 Å². The number of benzene rings is 1. The van der Waals surface area contributed by atoms with Gasteiger partial charge in [-0.1, -0.05) is 29.8 Å². The summed E-state index contributed by atoms with van der Waals surface area (Å²) in [5.74, 6) is -1.27. The summed E-state index contributed by atoms with van der Waals surface area (Å²) in [5, 5.41) is 2.71. The number of hydrogen-bond donors (Lipinski definition) is 1. The fourth-order valence-corrected chi connectivity index (χ4v) is 4.63. The third-order valence-corrected chi connectivity index (χ3v) is 6.90. The Hall–Kier alpha value is -2.78. The van der Waals surface area contributed by atoms with Crippen molar-refractivity contribution in [1.82, 2.24) is 14.6 Å². The molecule has 2 aromatic rings. The summed E-state index contributed by atoms with van der Waals surface area (Å²) in [6.07, 6.45) is 3.52. The van der Waals surface area contributed by atoms with Crippen molar-refractivity contribution in [2.75, 3.05) is 19.7 Å². The van der Waals surface area contributed by atoms with E-state index in [1.165, 1.54) is 22.8 Å². The molecule has 0 unspecified atom stereocenters. The number of ether oxygens (including phenoxy) is 1. The van der Waals surface area contributed by atoms with E-state index in [4.69, 9.17) is 4.74 Å². The van der Waals surface area contributed by atoms with Crippen molar-refractivity contribution >= 4 is 21.9 Å². The molecule has 0 bridgehead atoms. The van der Waals surface area contributed by atoms with E-state index < -0.39 is 21.9 Å². The number of amides is 1. The topological polar surface area (TPSA) is 106 Å². The maximum absolute atomic E-state index is 12.6. The molecule has 9 heteroatoms. The van der Waals surface area contributed by atoms with Crippen LogP contribution < -0.4 is 5.32 Å². The van der Waals surface area contributed by atoms with Crippen LogP contribution in [0.1, 0.15) is 24.0 Å². The minimum absolute atomic E-state index is 0.135. The Balaban J connectivity index is 1.42. The van der Waals surface area contributed by atoms with Crippen LogP contribution in [0, 0.1) is 12.8 Å². The van der Waals surface area contributed by atoms with Gasteiger partial charge in [-0.2, -0.15) is 4.31 Å². The predicted molar refractivity (Wildman–Crippen MR) is 110 cm³/mol. The smallest absolute Gasteiger partial charge is 0.309 e. The van der Waals surface area contributed by atoms with Gasteiger partial charge >= 0.3 is 5.97 Å². The Kier molecular flexibility index (Phi) is 7.17. The number of esters is 1. The highest BCUT2D eigenvalue weighted by atomic mass is 32.2. The van der Waals surface area contributed by atoms with Crippen molar-refractivity contribution in [3.8, 4) is 0 Å². The molecule has 0 radical (unpaired) electrons. The lowest BCUT2D eigenvalue weighted by molar-refractivity contribution is -0.153. The summed E-state index contributed by atoms with van der Waals surface area (Å²) < 4.78 is 31.7. The monoisotopic (exact) mass is 431 g/mol. The lowest BCUT2D eigenvalue weighted by Crippen LogP contribution is -2.41. The lowest BCUT2D eigenvalue weighted by atomic mass is 9.98. The van der Waals surface area contributed by atoms with Crippen molar-refractivity contribution in [2.24, 2.45) is 5.92 Å². The number of nitrogens with one attached hydrogen (secondary N) is 1. The van der Waals surface area contributed by atoms with E-state index in [0.29, 0.717) is 19.4 Å². The third-order valence-electron chi connectivity index (χ3n) is 5.02. The molecule has 0 saturated carbocycles. The Morgan fingerprint density at radius 2 is 1.87 bits per heavy atom. The van der Waals surface area contributed by atoms with E-state index in [0.717, 1.165) is 11.1 Å². The minimum Gasteiger partial charge on any atom is -0.455 e. The fraction of sp³-hybridized carbons (Fsp3) is 0.381. The quantitative estimate of drug-likeness (QED) is 0.669. The van der Waals surface area contributed by atoms with Gasteiger partial charge in [0, 0.05) is 32.0 Å². The van der Waals surface area contributed by atoms with Gasteiger partial charge in [-0.3, -0.25) is 14.6 Å². The highest BCUT2D eigenvalue weighted by Gasteiger charge is 2.33. The SMILES string of the molecule is Cc1ccc(CNC(=O)COC(=O)C2CCN(S(=O)(=O)c3cccnc3)CC2)cc1. The Bertz CT molecular complexity index is 969. The number of aromatic nitrogens is 1. The van der Waals surface area contributed by atoms with E-state index in [1.807, 2.05) is 31.2 Å². The van der Waals surface area contributed by atoms with Gasteiger partial charge in [0.1, 0.15) is 4.90 Å². The van der Waals surface area contributed by atoms with Gasteiger partial charge in [0.2, 0.25) is 10.0 Å². The van der Waals surface area contributed by atoms with Crippen molar-refractivity contribution < 1.29 is 22.7 Å². The summed E-state index contributed by atoms with van der Waals surface area (Å²) in [6, 6.07) is 10.8. The molecule has 0 aliphatic carbocycles. The molecule has 8 nitrogen and oxygen atoms in total. The Morgan fingerprint density at radius 3 is 2.50 bits per heavy atom. The number of piperidine rings is 1. The van der Waals surface area contributed by atoms with E-state index in [9.17, 15) is 18.0 Å². The van der Waals surface area contributed by atoms with Crippen molar-refractivity contribution in [3.63, 3.8) is 0 Å². The number of aryl methyl sites for hydroxylation is 1. The number of carbonyl (C=O) groups is 2. The first-order valence-corrected chi connectivity index (χ1v) is 11.2. The molecular formula is C21H25N3O5S. The first kappa shape index (κ1) is 21.9. The zero-order valence-corrected chi connectivity index (χ0v) is 17.6. The van der Waals surface area contributed by atoms with Crippen molar-refractivity contribution in [2.45, 2.75) is 31.2 Å². The van der Waals surface area contributed by atoms with Gasteiger partial charge in [0.15, 0.2) is 6.61 Å². The molecule has 160 valence electrons. The summed E-state index contributed by atoms with van der Waals surface area (Å²) in [7, 11) is -3.62. The number of rotatable bonds is 7. The fourth-order valence-electron chi connectivity index (χ4n) is 3.19. The number of nitrogens with zero attached hydrogens (tertiary/aromatic N) is 2. The zero-order chi connectivity index (χ0) is 21.6. The summed E-state index contributed by atoms with van der Waals surface area (Å²) in [5.41, 5.74) is 2.10. The molecular weight excluding hydrogens is 406 g/mol. The lowest BCUT2D eigenvalue weighted by Gasteiger charge is -2.29. The Labute approximate surface area is 176 Å². The first-order valence-electron chi connectivity index (χ1n) is 9.75. The second kappa shape index (κ2) is 9.82. The molecule has 1 aromatic carbocycles. The highest BCUT2D eigenvalue weighted by molar-refractivity contribution is 7.89. The molecule has 0 spiro atoms. The number of pyridine rings is 1. The molecule has 0 atom stereocenters. The van der Waals surface area contributed by atoms with Crippen LogP contribution >= 0.6 is 0 Å². The average molecular weight is 432 g/mol. The van der Waals surface area contributed by atoms with E-state index in [-0.39, 0.29) is 30.5 Å². The standard InChI is InChI=1S/C21H25N3O5S/c1-16-4-6-17(7-5-16)13-23-20(25)15-29-21(26)18-8-11-24(12-9-18)30(27,28)19-3-2-10-22-14-19/h2-7,10,14,18H,8-9,11-13,15H2,1H3,(H,23,25). The maximum Gasteiger partial charge on any atom is 0.309 e. The normalized spacial score (nSPS) is 15.5. The van der Waals surface area contributed by atoms with E-state index in [2.05, 4.69) is 10.3 Å². The maximum atomic E-state index is 12.6. The largest absolute Gasteiger partial charge is 0.455 e. The van der Waals surface area contributed by atoms with Gasteiger partial charge < -0.3 is 10.1 Å². The molecule has 2 heterocycles. The van der Waals surface area contributed by atoms with Crippen LogP contribution in [0.25, 0.3) is 0 Å². The molecule has 1 N–H and O–H groups in total.